The van der Waals surface area contributed by atoms with Crippen LogP contribution in [0.5, 0.6) is 0 Å². The quantitative estimate of drug-likeness (QED) is 0.425. The third kappa shape index (κ3) is 3.94. The number of esters is 1. The van der Waals surface area contributed by atoms with Crippen LogP contribution in [0.1, 0.15) is 35.0 Å². The Balaban J connectivity index is 1.47. The molecule has 1 atom stereocenters. The van der Waals surface area contributed by atoms with E-state index in [2.05, 4.69) is 10.2 Å². The number of carbonyl (C=O) groups excluding carboxylic acids is 1. The van der Waals surface area contributed by atoms with Gasteiger partial charge in [0, 0.05) is 5.56 Å². The summed E-state index contributed by atoms with van der Waals surface area (Å²) >= 11 is 0. The molecule has 6 nitrogen and oxygen atoms in total. The number of aromatic nitrogens is 2. The number of nitrogens with zero attached hydrogens (tertiary/aromatic N) is 2. The van der Waals surface area contributed by atoms with Gasteiger partial charge >= 0.3 is 5.97 Å². The molecular weight excluding hydrogens is 375 g/mol. The van der Waals surface area contributed by atoms with Crippen molar-refractivity contribution in [3.63, 3.8) is 0 Å². The Hall–Kier alpha value is -3.74. The van der Waals surface area contributed by atoms with Gasteiger partial charge in [0.25, 0.3) is 5.89 Å². The summed E-state index contributed by atoms with van der Waals surface area (Å²) in [6, 6.07) is 16.7. The van der Waals surface area contributed by atoms with E-state index in [1.807, 2.05) is 31.2 Å². The average molecular weight is 392 g/mol. The Labute approximate surface area is 165 Å². The molecule has 7 heteroatoms. The highest BCUT2D eigenvalue weighted by molar-refractivity contribution is 5.87. The maximum atomic E-state index is 13.9. The standard InChI is InChI=1S/C22H17FN2O4/c1-13-6-5-7-15(12-13)21-25-24-20(29-21)14(2)27-22(26)19-11-10-18(28-19)16-8-3-4-9-17(16)23/h3-12,14H,1-2H3. The van der Waals surface area contributed by atoms with Crippen molar-refractivity contribution < 1.29 is 22.8 Å². The van der Waals surface area contributed by atoms with E-state index in [1.54, 1.807) is 25.1 Å². The van der Waals surface area contributed by atoms with E-state index < -0.39 is 17.9 Å². The molecule has 0 N–H and O–H groups in total. The number of hydrogen-bond acceptors (Lipinski definition) is 6. The zero-order valence-corrected chi connectivity index (χ0v) is 15.8. The van der Waals surface area contributed by atoms with Crippen molar-refractivity contribution in [1.29, 1.82) is 0 Å². The van der Waals surface area contributed by atoms with Gasteiger partial charge in [-0.1, -0.05) is 29.8 Å². The van der Waals surface area contributed by atoms with Gasteiger partial charge in [-0.3, -0.25) is 0 Å². The van der Waals surface area contributed by atoms with E-state index in [9.17, 15) is 9.18 Å². The van der Waals surface area contributed by atoms with Crippen LogP contribution in [-0.2, 0) is 4.74 Å². The lowest BCUT2D eigenvalue weighted by Gasteiger charge is -2.07. The van der Waals surface area contributed by atoms with Crippen LogP contribution in [0.25, 0.3) is 22.8 Å². The summed E-state index contributed by atoms with van der Waals surface area (Å²) < 4.78 is 30.3. The molecular formula is C22H17FN2O4. The zero-order chi connectivity index (χ0) is 20.4. The van der Waals surface area contributed by atoms with Crippen molar-refractivity contribution in [3.05, 3.63) is 83.7 Å². The second kappa shape index (κ2) is 7.71. The van der Waals surface area contributed by atoms with Crippen LogP contribution in [0.4, 0.5) is 4.39 Å². The number of carbonyl (C=O) groups is 1. The fourth-order valence-electron chi connectivity index (χ4n) is 2.82. The molecule has 4 rings (SSSR count). The number of halogens is 1. The molecule has 29 heavy (non-hydrogen) atoms. The maximum Gasteiger partial charge on any atom is 0.375 e. The molecule has 146 valence electrons. The summed E-state index contributed by atoms with van der Waals surface area (Å²) in [6.07, 6.45) is -0.782. The van der Waals surface area contributed by atoms with E-state index in [4.69, 9.17) is 13.6 Å². The van der Waals surface area contributed by atoms with Gasteiger partial charge in [-0.05, 0) is 50.2 Å². The number of rotatable bonds is 5. The Morgan fingerprint density at radius 1 is 1.03 bits per heavy atom. The van der Waals surface area contributed by atoms with Gasteiger partial charge in [-0.15, -0.1) is 10.2 Å². The van der Waals surface area contributed by atoms with Crippen molar-refractivity contribution in [2.75, 3.05) is 0 Å². The summed E-state index contributed by atoms with van der Waals surface area (Å²) in [6.45, 7) is 3.58. The Bertz CT molecular complexity index is 1160. The van der Waals surface area contributed by atoms with Gasteiger partial charge in [-0.25, -0.2) is 9.18 Å². The van der Waals surface area contributed by atoms with E-state index in [1.165, 1.54) is 18.2 Å². The summed E-state index contributed by atoms with van der Waals surface area (Å²) in [5.41, 5.74) is 2.10. The Morgan fingerprint density at radius 2 is 1.86 bits per heavy atom. The molecule has 0 spiro atoms. The van der Waals surface area contributed by atoms with Crippen molar-refractivity contribution in [1.82, 2.24) is 10.2 Å². The molecule has 0 amide bonds. The Kier molecular flexibility index (Phi) is 4.95. The third-order valence-corrected chi connectivity index (χ3v) is 4.28. The van der Waals surface area contributed by atoms with E-state index in [0.717, 1.165) is 11.1 Å². The highest BCUT2D eigenvalue weighted by atomic mass is 19.1. The zero-order valence-electron chi connectivity index (χ0n) is 15.8. The number of ether oxygens (including phenoxy) is 1. The van der Waals surface area contributed by atoms with Gasteiger partial charge in [0.15, 0.2) is 6.10 Å². The number of benzene rings is 2. The molecule has 2 aromatic carbocycles. The fraction of sp³-hybridized carbons (Fsp3) is 0.136. The van der Waals surface area contributed by atoms with Crippen LogP contribution >= 0.6 is 0 Å². The molecule has 0 fully saturated rings. The topological polar surface area (TPSA) is 78.4 Å². The van der Waals surface area contributed by atoms with Crippen LogP contribution in [-0.4, -0.2) is 16.2 Å². The molecule has 4 aromatic rings. The maximum absolute atomic E-state index is 13.9. The van der Waals surface area contributed by atoms with Crippen molar-refractivity contribution in [3.8, 4) is 22.8 Å². The lowest BCUT2D eigenvalue weighted by molar-refractivity contribution is 0.0245. The minimum atomic E-state index is -0.782. The number of furan rings is 1. The molecule has 2 heterocycles. The molecule has 0 aliphatic heterocycles. The van der Waals surface area contributed by atoms with Gasteiger partial charge < -0.3 is 13.6 Å². The summed E-state index contributed by atoms with van der Waals surface area (Å²) in [5.74, 6) is -0.460. The van der Waals surface area contributed by atoms with Crippen LogP contribution in [0, 0.1) is 12.7 Å². The Morgan fingerprint density at radius 3 is 2.66 bits per heavy atom. The largest absolute Gasteiger partial charge is 0.449 e. The van der Waals surface area contributed by atoms with E-state index in [-0.39, 0.29) is 23.0 Å². The molecule has 0 radical (unpaired) electrons. The lowest BCUT2D eigenvalue weighted by Crippen LogP contribution is -2.08. The highest BCUT2D eigenvalue weighted by Gasteiger charge is 2.22. The van der Waals surface area contributed by atoms with E-state index in [0.29, 0.717) is 5.89 Å². The minimum Gasteiger partial charge on any atom is -0.449 e. The minimum absolute atomic E-state index is 0.0477. The second-order valence-electron chi connectivity index (χ2n) is 6.51. The first-order valence-corrected chi connectivity index (χ1v) is 8.97. The van der Waals surface area contributed by atoms with Crippen molar-refractivity contribution in [2.45, 2.75) is 20.0 Å². The first-order valence-electron chi connectivity index (χ1n) is 8.97. The molecule has 2 aromatic heterocycles. The molecule has 0 aliphatic rings. The molecule has 1 unspecified atom stereocenters. The normalized spacial score (nSPS) is 12.0. The first kappa shape index (κ1) is 18.6. The fourth-order valence-corrected chi connectivity index (χ4v) is 2.82. The van der Waals surface area contributed by atoms with Gasteiger partial charge in [0.2, 0.25) is 11.7 Å². The van der Waals surface area contributed by atoms with Crippen molar-refractivity contribution >= 4 is 5.97 Å². The number of hydrogen-bond donors (Lipinski definition) is 0. The van der Waals surface area contributed by atoms with Gasteiger partial charge in [0.1, 0.15) is 11.6 Å². The summed E-state index contributed by atoms with van der Waals surface area (Å²) in [7, 11) is 0. The predicted octanol–water partition coefficient (Wildman–Crippen LogP) is 5.36. The van der Waals surface area contributed by atoms with Gasteiger partial charge in [0.05, 0.1) is 5.56 Å². The predicted molar refractivity (Wildman–Crippen MR) is 102 cm³/mol. The van der Waals surface area contributed by atoms with E-state index >= 15 is 0 Å². The smallest absolute Gasteiger partial charge is 0.375 e. The van der Waals surface area contributed by atoms with Crippen LogP contribution in [0.3, 0.4) is 0 Å². The summed E-state index contributed by atoms with van der Waals surface area (Å²) in [4.78, 5) is 12.4. The van der Waals surface area contributed by atoms with Crippen molar-refractivity contribution in [2.24, 2.45) is 0 Å². The molecule has 0 saturated heterocycles. The SMILES string of the molecule is Cc1cccc(-c2nnc(C(C)OC(=O)c3ccc(-c4ccccc4F)o3)o2)c1. The highest BCUT2D eigenvalue weighted by Crippen LogP contribution is 2.27. The summed E-state index contributed by atoms with van der Waals surface area (Å²) in [5, 5.41) is 7.97. The first-order chi connectivity index (χ1) is 14.0. The second-order valence-corrected chi connectivity index (χ2v) is 6.51. The average Bonchev–Trinajstić information content (AvgIpc) is 3.38. The molecule has 0 bridgehead atoms. The molecule has 0 saturated carbocycles. The van der Waals surface area contributed by atoms with Gasteiger partial charge in [-0.2, -0.15) is 0 Å². The monoisotopic (exact) mass is 392 g/mol. The van der Waals surface area contributed by atoms with Crippen LogP contribution in [0.2, 0.25) is 0 Å². The van der Waals surface area contributed by atoms with Crippen LogP contribution < -0.4 is 0 Å². The van der Waals surface area contributed by atoms with Crippen LogP contribution in [0.15, 0.2) is 69.5 Å². The lowest BCUT2D eigenvalue weighted by atomic mass is 10.1. The third-order valence-electron chi connectivity index (χ3n) is 4.28. The number of aryl methyl sites for hydroxylation is 1. The molecule has 0 aliphatic carbocycles.